The van der Waals surface area contributed by atoms with Gasteiger partial charge in [0.05, 0.1) is 24.9 Å². The number of carbonyl (C=O) groups excluding carboxylic acids is 2. The van der Waals surface area contributed by atoms with Crippen LogP contribution >= 0.6 is 0 Å². The first-order chi connectivity index (χ1) is 22.4. The van der Waals surface area contributed by atoms with Gasteiger partial charge < -0.3 is 53.8 Å². The maximum absolute atomic E-state index is 13.4. The summed E-state index contributed by atoms with van der Waals surface area (Å²) in [6.45, 7) is 6.82. The largest absolute Gasteiger partial charge is 0.457 e. The van der Waals surface area contributed by atoms with Gasteiger partial charge in [-0.15, -0.1) is 0 Å². The molecule has 0 radical (unpaired) electrons. The first-order valence-electron chi connectivity index (χ1n) is 16.5. The summed E-state index contributed by atoms with van der Waals surface area (Å²) in [6.07, 6.45) is -1.39. The van der Waals surface area contributed by atoms with Gasteiger partial charge >= 0.3 is 11.9 Å². The Labute approximate surface area is 273 Å². The predicted octanol–water partition coefficient (Wildman–Crippen LogP) is 1.25. The lowest BCUT2D eigenvalue weighted by molar-refractivity contribution is -0.287. The van der Waals surface area contributed by atoms with E-state index in [0.717, 1.165) is 5.57 Å². The minimum absolute atomic E-state index is 0.0404. The lowest BCUT2D eigenvalue weighted by Gasteiger charge is -2.51. The van der Waals surface area contributed by atoms with Gasteiger partial charge in [0.1, 0.15) is 41.8 Å². The highest BCUT2D eigenvalue weighted by Crippen LogP contribution is 2.62. The smallest absolute Gasteiger partial charge is 0.355 e. The van der Waals surface area contributed by atoms with Crippen LogP contribution in [0.25, 0.3) is 0 Å². The van der Waals surface area contributed by atoms with Crippen LogP contribution in [0.15, 0.2) is 42.1 Å². The summed E-state index contributed by atoms with van der Waals surface area (Å²) in [5.74, 6) is -2.99. The van der Waals surface area contributed by atoms with Crippen LogP contribution in [0.5, 0.6) is 0 Å². The van der Waals surface area contributed by atoms with Crippen molar-refractivity contribution in [1.29, 1.82) is 0 Å². The number of aliphatic hydroxyl groups excluding tert-OH is 4. The fourth-order valence-corrected chi connectivity index (χ4v) is 8.66. The maximum atomic E-state index is 13.4. The SMILES string of the molecule is CO[C@H]1C[C@H]2C=C[C@H]3[C@H]4O[C@@]2(C(C)=C[C@@H](C)[C@@H]([C@@H](C)O)OC1=O)[C@@H]3[C@H](O[C@H]1C[C@@H](O)[C@H](O)[C@@H](CO)O1)[C@@H](C)[C@H]4OC(=O)c1ccc[nH]1. The number of nitrogens with one attached hydrogen (secondary N) is 1. The molecule has 13 nitrogen and oxygen atoms in total. The normalized spacial score (nSPS) is 45.4. The van der Waals surface area contributed by atoms with Crippen LogP contribution in [0.4, 0.5) is 0 Å². The van der Waals surface area contributed by atoms with Crippen molar-refractivity contribution in [1.82, 2.24) is 4.98 Å². The van der Waals surface area contributed by atoms with Gasteiger partial charge in [0, 0.05) is 49.3 Å². The molecule has 0 unspecified atom stereocenters. The summed E-state index contributed by atoms with van der Waals surface area (Å²) < 4.78 is 37.5. The Morgan fingerprint density at radius 1 is 1.19 bits per heavy atom. The Balaban J connectivity index is 1.45. The lowest BCUT2D eigenvalue weighted by atomic mass is 9.57. The monoisotopic (exact) mass is 661 g/mol. The molecule has 1 spiro atoms. The minimum atomic E-state index is -1.28. The third kappa shape index (κ3) is 5.88. The van der Waals surface area contributed by atoms with E-state index in [2.05, 4.69) is 4.98 Å². The van der Waals surface area contributed by atoms with Crippen molar-refractivity contribution in [3.05, 3.63) is 47.8 Å². The molecule has 3 aliphatic heterocycles. The molecule has 1 saturated carbocycles. The van der Waals surface area contributed by atoms with E-state index >= 15 is 0 Å². The van der Waals surface area contributed by atoms with Gasteiger partial charge in [-0.1, -0.05) is 32.1 Å². The van der Waals surface area contributed by atoms with E-state index < -0.39 is 97.2 Å². The second-order valence-electron chi connectivity index (χ2n) is 13.8. The highest BCUT2D eigenvalue weighted by Gasteiger charge is 2.70. The van der Waals surface area contributed by atoms with E-state index in [1.165, 1.54) is 7.11 Å². The quantitative estimate of drug-likeness (QED) is 0.208. The second-order valence-corrected chi connectivity index (χ2v) is 13.8. The van der Waals surface area contributed by atoms with Crippen LogP contribution in [-0.2, 0) is 33.2 Å². The third-order valence-electron chi connectivity index (χ3n) is 10.9. The lowest BCUT2D eigenvalue weighted by Crippen LogP contribution is -2.60. The summed E-state index contributed by atoms with van der Waals surface area (Å²) in [6, 6.07) is 3.34. The first kappa shape index (κ1) is 34.3. The van der Waals surface area contributed by atoms with Gasteiger partial charge in [0.2, 0.25) is 0 Å². The Kier molecular flexibility index (Phi) is 9.73. The molecule has 16 atom stereocenters. The van der Waals surface area contributed by atoms with Gasteiger partial charge in [-0.05, 0) is 38.0 Å². The van der Waals surface area contributed by atoms with E-state index in [4.69, 9.17) is 28.4 Å². The van der Waals surface area contributed by atoms with Crippen LogP contribution in [0.2, 0.25) is 0 Å². The van der Waals surface area contributed by atoms with Gasteiger partial charge in [-0.25, -0.2) is 9.59 Å². The highest BCUT2D eigenvalue weighted by atomic mass is 16.7. The Morgan fingerprint density at radius 3 is 2.62 bits per heavy atom. The second kappa shape index (κ2) is 13.4. The number of aromatic amines is 1. The van der Waals surface area contributed by atoms with E-state index in [-0.39, 0.29) is 36.3 Å². The van der Waals surface area contributed by atoms with Crippen molar-refractivity contribution in [2.75, 3.05) is 13.7 Å². The number of hydrogen-bond donors (Lipinski definition) is 5. The van der Waals surface area contributed by atoms with E-state index in [0.29, 0.717) is 0 Å². The Morgan fingerprint density at radius 2 is 1.96 bits per heavy atom. The molecular formula is C34H47NO12. The average molecular weight is 662 g/mol. The maximum Gasteiger partial charge on any atom is 0.355 e. The summed E-state index contributed by atoms with van der Waals surface area (Å²) in [5, 5.41) is 41.5. The first-order valence-corrected chi connectivity index (χ1v) is 16.5. The summed E-state index contributed by atoms with van der Waals surface area (Å²) in [7, 11) is 1.44. The van der Waals surface area contributed by atoms with E-state index in [1.807, 2.05) is 39.0 Å². The fraction of sp³-hybridized carbons (Fsp3) is 0.706. The molecule has 0 aromatic carbocycles. The molecule has 6 rings (SSSR count). The number of aliphatic hydroxyl groups is 4. The van der Waals surface area contributed by atoms with E-state index in [1.54, 1.807) is 25.3 Å². The number of aromatic nitrogens is 1. The average Bonchev–Trinajstić information content (AvgIpc) is 3.64. The van der Waals surface area contributed by atoms with Crippen LogP contribution < -0.4 is 0 Å². The zero-order valence-electron chi connectivity index (χ0n) is 27.3. The highest BCUT2D eigenvalue weighted by molar-refractivity contribution is 5.87. The molecule has 0 amide bonds. The molecule has 3 fully saturated rings. The van der Waals surface area contributed by atoms with Crippen molar-refractivity contribution < 1.29 is 58.4 Å². The Bertz CT molecular complexity index is 1350. The van der Waals surface area contributed by atoms with Crippen molar-refractivity contribution >= 4 is 11.9 Å². The van der Waals surface area contributed by atoms with Gasteiger partial charge in [-0.2, -0.15) is 0 Å². The molecule has 13 heteroatoms. The van der Waals surface area contributed by atoms with Gasteiger partial charge in [0.25, 0.3) is 0 Å². The van der Waals surface area contributed by atoms with Crippen LogP contribution in [0, 0.1) is 29.6 Å². The van der Waals surface area contributed by atoms with Crippen molar-refractivity contribution in [3.8, 4) is 0 Å². The van der Waals surface area contributed by atoms with Crippen molar-refractivity contribution in [3.63, 3.8) is 0 Å². The number of H-pyrrole nitrogens is 1. The molecule has 1 aromatic rings. The number of esters is 2. The minimum Gasteiger partial charge on any atom is -0.457 e. The molecule has 4 bridgehead atoms. The molecule has 1 aromatic heterocycles. The van der Waals surface area contributed by atoms with Crippen LogP contribution in [0.3, 0.4) is 0 Å². The number of carbonyl (C=O) groups is 2. The third-order valence-corrected chi connectivity index (χ3v) is 10.9. The van der Waals surface area contributed by atoms with Gasteiger partial charge in [-0.3, -0.25) is 0 Å². The molecule has 47 heavy (non-hydrogen) atoms. The number of methoxy groups -OCH3 is 1. The summed E-state index contributed by atoms with van der Waals surface area (Å²) in [5.41, 5.74) is 0.0869. The fourth-order valence-electron chi connectivity index (χ4n) is 8.66. The number of rotatable bonds is 7. The van der Waals surface area contributed by atoms with Crippen LogP contribution in [-0.4, -0.2) is 118 Å². The molecule has 260 valence electrons. The van der Waals surface area contributed by atoms with Gasteiger partial charge in [0.15, 0.2) is 12.4 Å². The number of hydrogen-bond acceptors (Lipinski definition) is 12. The van der Waals surface area contributed by atoms with Crippen LogP contribution in [0.1, 0.15) is 51.0 Å². The van der Waals surface area contributed by atoms with E-state index in [9.17, 15) is 30.0 Å². The molecule has 2 saturated heterocycles. The zero-order chi connectivity index (χ0) is 33.8. The molecule has 5 aliphatic rings. The number of ether oxygens (including phenoxy) is 6. The van der Waals surface area contributed by atoms with Crippen molar-refractivity contribution in [2.45, 2.75) is 107 Å². The summed E-state index contributed by atoms with van der Waals surface area (Å²) in [4.78, 5) is 29.6. The topological polar surface area (TPSA) is 186 Å². The Hall–Kier alpha value is -2.62. The predicted molar refractivity (Wildman–Crippen MR) is 164 cm³/mol. The molecule has 5 N–H and O–H groups in total. The number of cyclic esters (lactones) is 1. The molecule has 4 heterocycles. The molecular weight excluding hydrogens is 614 g/mol. The standard InChI is InChI=1S/C34H47NO12/c1-15-11-16(2)34-19(12-23(42-5)33(41)45-28(15)18(4)37)8-9-20-26(34)29(44-25-13-22(38)27(39)24(14-36)43-25)17(3)30(31(20)47-34)46-32(40)21-7-6-10-35-21/h6-11,15,17-20,22-31,35-39H,12-14H2,1-5H3/t15-,17-,18-,19-,20-,22-,23+,24-,25+,26+,27+,28+,29-,30-,31-,34-/m1/s1. The zero-order valence-corrected chi connectivity index (χ0v) is 27.3. The molecule has 2 aliphatic carbocycles. The summed E-state index contributed by atoms with van der Waals surface area (Å²) >= 11 is 0. The van der Waals surface area contributed by atoms with Crippen molar-refractivity contribution in [2.24, 2.45) is 29.6 Å².